The molecule has 2 unspecified atom stereocenters. The summed E-state index contributed by atoms with van der Waals surface area (Å²) in [5, 5.41) is 3.77. The number of hydrogen-bond acceptors (Lipinski definition) is 3. The zero-order valence-corrected chi connectivity index (χ0v) is 10.8. The van der Waals surface area contributed by atoms with Gasteiger partial charge >= 0.3 is 0 Å². The minimum absolute atomic E-state index is 0.0440. The standard InChI is InChI=1S/C12H9F4N3S/c13-7-3-1-6(2-4-7)9-5-8(14)10-17-12(18-19(9)10)20-11(15)16/h1-4,8-9,11H,5H2. The van der Waals surface area contributed by atoms with Crippen molar-refractivity contribution in [3.05, 3.63) is 41.5 Å². The lowest BCUT2D eigenvalue weighted by Gasteiger charge is -2.11. The molecule has 3 rings (SSSR count). The van der Waals surface area contributed by atoms with E-state index in [1.807, 2.05) is 0 Å². The molecule has 1 aromatic carbocycles. The minimum atomic E-state index is -2.65. The molecule has 0 saturated heterocycles. The maximum Gasteiger partial charge on any atom is 0.291 e. The fraction of sp³-hybridized carbons (Fsp3) is 0.333. The summed E-state index contributed by atoms with van der Waals surface area (Å²) in [6.07, 6.45) is -1.23. The van der Waals surface area contributed by atoms with E-state index in [4.69, 9.17) is 0 Å². The van der Waals surface area contributed by atoms with Gasteiger partial charge in [0.15, 0.2) is 12.0 Å². The quantitative estimate of drug-likeness (QED) is 0.639. The first-order valence-electron chi connectivity index (χ1n) is 5.85. The Labute approximate surface area is 116 Å². The lowest BCUT2D eigenvalue weighted by molar-refractivity contribution is 0.251. The van der Waals surface area contributed by atoms with Crippen LogP contribution in [0.15, 0.2) is 29.4 Å². The van der Waals surface area contributed by atoms with Crippen LogP contribution < -0.4 is 0 Å². The predicted molar refractivity (Wildman–Crippen MR) is 64.9 cm³/mol. The van der Waals surface area contributed by atoms with E-state index in [1.54, 1.807) is 0 Å². The maximum absolute atomic E-state index is 13.9. The Hall–Kier alpha value is -1.57. The van der Waals surface area contributed by atoms with Crippen LogP contribution in [0.25, 0.3) is 0 Å². The number of benzene rings is 1. The average molecular weight is 303 g/mol. The van der Waals surface area contributed by atoms with Crippen molar-refractivity contribution in [1.82, 2.24) is 14.8 Å². The summed E-state index contributed by atoms with van der Waals surface area (Å²) in [4.78, 5) is 3.79. The first-order valence-corrected chi connectivity index (χ1v) is 6.73. The van der Waals surface area contributed by atoms with Gasteiger partial charge in [-0.05, 0) is 29.5 Å². The van der Waals surface area contributed by atoms with Crippen LogP contribution in [0.3, 0.4) is 0 Å². The van der Waals surface area contributed by atoms with Crippen LogP contribution in [0.2, 0.25) is 0 Å². The molecular formula is C12H9F4N3S. The van der Waals surface area contributed by atoms with E-state index >= 15 is 0 Å². The van der Waals surface area contributed by atoms with Crippen LogP contribution in [0.4, 0.5) is 17.6 Å². The van der Waals surface area contributed by atoms with E-state index < -0.39 is 23.8 Å². The number of fused-ring (bicyclic) bond motifs is 1. The molecule has 1 aliphatic heterocycles. The lowest BCUT2D eigenvalue weighted by Crippen LogP contribution is -2.07. The van der Waals surface area contributed by atoms with Crippen LogP contribution >= 0.6 is 11.8 Å². The number of alkyl halides is 3. The third-order valence-corrected chi connectivity index (χ3v) is 3.65. The van der Waals surface area contributed by atoms with Gasteiger partial charge in [-0.3, -0.25) is 0 Å². The fourth-order valence-electron chi connectivity index (χ4n) is 2.25. The van der Waals surface area contributed by atoms with Gasteiger partial charge in [-0.25, -0.2) is 18.4 Å². The van der Waals surface area contributed by atoms with Crippen LogP contribution in [-0.4, -0.2) is 20.5 Å². The Kier molecular flexibility index (Phi) is 3.41. The molecule has 0 fully saturated rings. The van der Waals surface area contributed by atoms with Crippen LogP contribution in [0.1, 0.15) is 30.0 Å². The molecule has 2 aromatic rings. The van der Waals surface area contributed by atoms with Gasteiger partial charge in [0.1, 0.15) is 5.82 Å². The highest BCUT2D eigenvalue weighted by Crippen LogP contribution is 2.40. The third kappa shape index (κ3) is 2.39. The Balaban J connectivity index is 1.94. The summed E-state index contributed by atoms with van der Waals surface area (Å²) < 4.78 is 52.7. The monoisotopic (exact) mass is 303 g/mol. The van der Waals surface area contributed by atoms with Gasteiger partial charge in [0.25, 0.3) is 5.76 Å². The molecule has 2 atom stereocenters. The van der Waals surface area contributed by atoms with Crippen LogP contribution in [-0.2, 0) is 0 Å². The molecule has 8 heteroatoms. The second kappa shape index (κ2) is 5.08. The predicted octanol–water partition coefficient (Wildman–Crippen LogP) is 3.74. The average Bonchev–Trinajstić information content (AvgIpc) is 2.91. The Bertz CT molecular complexity index is 614. The zero-order valence-electron chi connectivity index (χ0n) is 10.0. The van der Waals surface area contributed by atoms with Gasteiger partial charge in [-0.15, -0.1) is 5.10 Å². The summed E-state index contributed by atoms with van der Waals surface area (Å²) >= 11 is 0.181. The van der Waals surface area contributed by atoms with E-state index in [0.29, 0.717) is 5.56 Å². The summed E-state index contributed by atoms with van der Waals surface area (Å²) in [7, 11) is 0. The molecular weight excluding hydrogens is 294 g/mol. The molecule has 0 bridgehead atoms. The molecule has 0 saturated carbocycles. The molecule has 1 aromatic heterocycles. The molecule has 0 radical (unpaired) electrons. The number of nitrogens with zero attached hydrogens (tertiary/aromatic N) is 3. The van der Waals surface area contributed by atoms with Crippen molar-refractivity contribution in [3.63, 3.8) is 0 Å². The molecule has 0 aliphatic carbocycles. The maximum atomic E-state index is 13.9. The van der Waals surface area contributed by atoms with E-state index in [9.17, 15) is 17.6 Å². The molecule has 20 heavy (non-hydrogen) atoms. The van der Waals surface area contributed by atoms with Crippen molar-refractivity contribution in [1.29, 1.82) is 0 Å². The first kappa shape index (κ1) is 13.4. The number of rotatable bonds is 3. The topological polar surface area (TPSA) is 30.7 Å². The Morgan fingerprint density at radius 2 is 1.95 bits per heavy atom. The number of aromatic nitrogens is 3. The Morgan fingerprint density at radius 3 is 2.60 bits per heavy atom. The van der Waals surface area contributed by atoms with Crippen molar-refractivity contribution in [2.75, 3.05) is 0 Å². The number of hydrogen-bond donors (Lipinski definition) is 0. The normalized spacial score (nSPS) is 21.4. The van der Waals surface area contributed by atoms with Crippen molar-refractivity contribution in [2.45, 2.75) is 29.5 Å². The van der Waals surface area contributed by atoms with Gasteiger partial charge in [-0.2, -0.15) is 8.78 Å². The van der Waals surface area contributed by atoms with Crippen molar-refractivity contribution in [3.8, 4) is 0 Å². The lowest BCUT2D eigenvalue weighted by atomic mass is 10.0. The van der Waals surface area contributed by atoms with E-state index in [2.05, 4.69) is 10.1 Å². The van der Waals surface area contributed by atoms with Gasteiger partial charge in [0.2, 0.25) is 5.16 Å². The van der Waals surface area contributed by atoms with Crippen molar-refractivity contribution < 1.29 is 17.6 Å². The molecule has 3 nitrogen and oxygen atoms in total. The van der Waals surface area contributed by atoms with Gasteiger partial charge in [0, 0.05) is 6.42 Å². The Morgan fingerprint density at radius 1 is 1.25 bits per heavy atom. The minimum Gasteiger partial charge on any atom is -0.239 e. The van der Waals surface area contributed by atoms with Crippen LogP contribution in [0, 0.1) is 5.82 Å². The first-order chi connectivity index (χ1) is 9.54. The molecule has 1 aliphatic rings. The second-order valence-electron chi connectivity index (χ2n) is 4.35. The van der Waals surface area contributed by atoms with Gasteiger partial charge in [0.05, 0.1) is 6.04 Å². The largest absolute Gasteiger partial charge is 0.291 e. The zero-order chi connectivity index (χ0) is 14.3. The molecule has 2 heterocycles. The molecule has 0 spiro atoms. The second-order valence-corrected chi connectivity index (χ2v) is 5.30. The van der Waals surface area contributed by atoms with Crippen LogP contribution in [0.5, 0.6) is 0 Å². The summed E-state index contributed by atoms with van der Waals surface area (Å²) in [6, 6.07) is 5.16. The summed E-state index contributed by atoms with van der Waals surface area (Å²) in [5.74, 6) is -3.00. The third-order valence-electron chi connectivity index (χ3n) is 3.09. The SMILES string of the molecule is Fc1ccc(C2CC(F)c3nc(SC(F)F)nn32)cc1. The highest BCUT2D eigenvalue weighted by atomic mass is 32.2. The smallest absolute Gasteiger partial charge is 0.239 e. The molecule has 106 valence electrons. The molecule has 0 N–H and O–H groups in total. The highest BCUT2D eigenvalue weighted by Gasteiger charge is 2.35. The number of thioether (sulfide) groups is 1. The number of halogens is 4. The fourth-order valence-corrected chi connectivity index (χ4v) is 2.69. The van der Waals surface area contributed by atoms with Gasteiger partial charge < -0.3 is 0 Å². The summed E-state index contributed by atoms with van der Waals surface area (Å²) in [6.45, 7) is 0. The van der Waals surface area contributed by atoms with Gasteiger partial charge in [-0.1, -0.05) is 12.1 Å². The van der Waals surface area contributed by atoms with E-state index in [1.165, 1.54) is 28.9 Å². The van der Waals surface area contributed by atoms with Crippen molar-refractivity contribution >= 4 is 11.8 Å². The summed E-state index contributed by atoms with van der Waals surface area (Å²) in [5.41, 5.74) is 0.672. The van der Waals surface area contributed by atoms with Crippen molar-refractivity contribution in [2.24, 2.45) is 0 Å². The molecule has 0 amide bonds. The van der Waals surface area contributed by atoms with E-state index in [0.717, 1.165) is 0 Å². The van der Waals surface area contributed by atoms with E-state index in [-0.39, 0.29) is 29.2 Å². The highest BCUT2D eigenvalue weighted by molar-refractivity contribution is 7.99.